The van der Waals surface area contributed by atoms with Gasteiger partial charge in [-0.05, 0) is 48.1 Å². The van der Waals surface area contributed by atoms with Gasteiger partial charge in [0, 0.05) is 5.56 Å². The third-order valence-corrected chi connectivity index (χ3v) is 3.81. The molecule has 0 bridgehead atoms. The molecule has 0 saturated heterocycles. The average molecular weight is 260 g/mol. The van der Waals surface area contributed by atoms with E-state index >= 15 is 0 Å². The van der Waals surface area contributed by atoms with Crippen LogP contribution in [0.15, 0.2) is 42.5 Å². The van der Waals surface area contributed by atoms with E-state index in [9.17, 15) is 13.9 Å². The minimum Gasteiger partial charge on any atom is -0.388 e. The summed E-state index contributed by atoms with van der Waals surface area (Å²) in [7, 11) is 0. The third-order valence-electron chi connectivity index (χ3n) is 3.81. The second kappa shape index (κ2) is 4.74. The molecular formula is C16H14F2O. The number of aliphatic hydroxyl groups is 1. The van der Waals surface area contributed by atoms with Gasteiger partial charge in [-0.3, -0.25) is 0 Å². The second-order valence-corrected chi connectivity index (χ2v) is 5.05. The molecule has 1 atom stereocenters. The first kappa shape index (κ1) is 12.3. The summed E-state index contributed by atoms with van der Waals surface area (Å²) in [5.41, 5.74) is 2.42. The van der Waals surface area contributed by atoms with Gasteiger partial charge in [0.1, 0.15) is 11.6 Å². The summed E-state index contributed by atoms with van der Waals surface area (Å²) in [6, 6.07) is 11.2. The van der Waals surface area contributed by atoms with Gasteiger partial charge in [-0.2, -0.15) is 0 Å². The normalized spacial score (nSPS) is 16.4. The molecule has 1 unspecified atom stereocenters. The van der Waals surface area contributed by atoms with Crippen LogP contribution >= 0.6 is 0 Å². The van der Waals surface area contributed by atoms with Crippen LogP contribution in [-0.4, -0.2) is 5.11 Å². The number of hydrogen-bond acceptors (Lipinski definition) is 1. The average Bonchev–Trinajstić information content (AvgIpc) is 2.84. The predicted octanol–water partition coefficient (Wildman–Crippen LogP) is 3.41. The van der Waals surface area contributed by atoms with E-state index in [-0.39, 0.29) is 11.5 Å². The first-order valence-corrected chi connectivity index (χ1v) is 6.35. The molecule has 3 rings (SSSR count). The van der Waals surface area contributed by atoms with E-state index in [2.05, 4.69) is 0 Å². The summed E-state index contributed by atoms with van der Waals surface area (Å²) in [6.45, 7) is 0. The Labute approximate surface area is 110 Å². The Morgan fingerprint density at radius 3 is 2.26 bits per heavy atom. The van der Waals surface area contributed by atoms with Crippen LogP contribution in [0.25, 0.3) is 0 Å². The number of benzene rings is 2. The number of fused-ring (bicyclic) bond motifs is 1. The maximum Gasteiger partial charge on any atom is 0.129 e. The van der Waals surface area contributed by atoms with E-state index < -0.39 is 17.7 Å². The van der Waals surface area contributed by atoms with Crippen molar-refractivity contribution >= 4 is 0 Å². The molecule has 1 N–H and O–H groups in total. The van der Waals surface area contributed by atoms with Crippen molar-refractivity contribution in [3.63, 3.8) is 0 Å². The highest BCUT2D eigenvalue weighted by molar-refractivity contribution is 5.34. The zero-order chi connectivity index (χ0) is 13.4. The van der Waals surface area contributed by atoms with Gasteiger partial charge in [0.05, 0.1) is 6.10 Å². The molecule has 0 fully saturated rings. The lowest BCUT2D eigenvalue weighted by Crippen LogP contribution is -2.14. The minimum absolute atomic E-state index is 0.0535. The highest BCUT2D eigenvalue weighted by Crippen LogP contribution is 2.36. The SMILES string of the molecule is OC(c1cc(F)ccc1F)C1Cc2ccccc2C1. The smallest absolute Gasteiger partial charge is 0.129 e. The largest absolute Gasteiger partial charge is 0.388 e. The highest BCUT2D eigenvalue weighted by atomic mass is 19.1. The molecule has 0 aliphatic heterocycles. The van der Waals surface area contributed by atoms with Crippen molar-refractivity contribution < 1.29 is 13.9 Å². The van der Waals surface area contributed by atoms with Crippen LogP contribution in [-0.2, 0) is 12.8 Å². The summed E-state index contributed by atoms with van der Waals surface area (Å²) in [5.74, 6) is -1.16. The van der Waals surface area contributed by atoms with Gasteiger partial charge in [-0.25, -0.2) is 8.78 Å². The summed E-state index contributed by atoms with van der Waals surface area (Å²) >= 11 is 0. The predicted molar refractivity (Wildman–Crippen MR) is 68.7 cm³/mol. The molecule has 0 spiro atoms. The Balaban J connectivity index is 1.87. The first-order valence-electron chi connectivity index (χ1n) is 6.35. The van der Waals surface area contributed by atoms with Crippen LogP contribution in [0.5, 0.6) is 0 Å². The van der Waals surface area contributed by atoms with E-state index in [1.54, 1.807) is 0 Å². The van der Waals surface area contributed by atoms with Crippen LogP contribution in [0, 0.1) is 17.6 Å². The van der Waals surface area contributed by atoms with Crippen molar-refractivity contribution in [1.82, 2.24) is 0 Å². The fourth-order valence-electron chi connectivity index (χ4n) is 2.81. The van der Waals surface area contributed by atoms with E-state index in [0.29, 0.717) is 12.8 Å². The van der Waals surface area contributed by atoms with Crippen molar-refractivity contribution in [3.8, 4) is 0 Å². The van der Waals surface area contributed by atoms with Gasteiger partial charge in [0.25, 0.3) is 0 Å². The monoisotopic (exact) mass is 260 g/mol. The van der Waals surface area contributed by atoms with Crippen LogP contribution < -0.4 is 0 Å². The van der Waals surface area contributed by atoms with Crippen LogP contribution in [0.3, 0.4) is 0 Å². The molecule has 0 heterocycles. The Kier molecular flexibility index (Phi) is 3.07. The third kappa shape index (κ3) is 2.26. The van der Waals surface area contributed by atoms with E-state index in [0.717, 1.165) is 18.2 Å². The Morgan fingerprint density at radius 1 is 1.00 bits per heavy atom. The molecule has 1 nitrogen and oxygen atoms in total. The second-order valence-electron chi connectivity index (χ2n) is 5.05. The molecule has 0 amide bonds. The van der Waals surface area contributed by atoms with Crippen molar-refractivity contribution in [2.24, 2.45) is 5.92 Å². The van der Waals surface area contributed by atoms with E-state index in [1.165, 1.54) is 11.1 Å². The van der Waals surface area contributed by atoms with Gasteiger partial charge < -0.3 is 5.11 Å². The molecule has 1 aliphatic carbocycles. The van der Waals surface area contributed by atoms with Crippen LogP contribution in [0.4, 0.5) is 8.78 Å². The van der Waals surface area contributed by atoms with Crippen molar-refractivity contribution in [2.75, 3.05) is 0 Å². The molecule has 0 aromatic heterocycles. The molecule has 3 heteroatoms. The van der Waals surface area contributed by atoms with Gasteiger partial charge in [0.2, 0.25) is 0 Å². The fraction of sp³-hybridized carbons (Fsp3) is 0.250. The zero-order valence-corrected chi connectivity index (χ0v) is 10.3. The summed E-state index contributed by atoms with van der Waals surface area (Å²) in [4.78, 5) is 0. The molecular weight excluding hydrogens is 246 g/mol. The lowest BCUT2D eigenvalue weighted by Gasteiger charge is -2.18. The van der Waals surface area contributed by atoms with Gasteiger partial charge in [-0.1, -0.05) is 24.3 Å². The molecule has 2 aromatic rings. The molecule has 0 radical (unpaired) electrons. The maximum absolute atomic E-state index is 13.7. The molecule has 19 heavy (non-hydrogen) atoms. The number of hydrogen-bond donors (Lipinski definition) is 1. The van der Waals surface area contributed by atoms with E-state index in [1.807, 2.05) is 24.3 Å². The lowest BCUT2D eigenvalue weighted by molar-refractivity contribution is 0.109. The van der Waals surface area contributed by atoms with Crippen molar-refractivity contribution in [1.29, 1.82) is 0 Å². The maximum atomic E-state index is 13.7. The summed E-state index contributed by atoms with van der Waals surface area (Å²) in [6.07, 6.45) is 0.434. The summed E-state index contributed by atoms with van der Waals surface area (Å²) < 4.78 is 26.9. The fourth-order valence-corrected chi connectivity index (χ4v) is 2.81. The van der Waals surface area contributed by atoms with Crippen molar-refractivity contribution in [2.45, 2.75) is 18.9 Å². The number of aliphatic hydroxyl groups excluding tert-OH is 1. The Morgan fingerprint density at radius 2 is 1.63 bits per heavy atom. The van der Waals surface area contributed by atoms with Gasteiger partial charge in [0.15, 0.2) is 0 Å². The molecule has 98 valence electrons. The molecule has 2 aromatic carbocycles. The Hall–Kier alpha value is -1.74. The standard InChI is InChI=1S/C16H14F2O/c17-13-5-6-15(18)14(9-13)16(19)12-7-10-3-1-2-4-11(10)8-12/h1-6,9,12,16,19H,7-8H2. The zero-order valence-electron chi connectivity index (χ0n) is 10.3. The first-order chi connectivity index (χ1) is 9.15. The summed E-state index contributed by atoms with van der Waals surface area (Å²) in [5, 5.41) is 10.3. The topological polar surface area (TPSA) is 20.2 Å². The van der Waals surface area contributed by atoms with Crippen molar-refractivity contribution in [3.05, 3.63) is 70.8 Å². The van der Waals surface area contributed by atoms with Gasteiger partial charge >= 0.3 is 0 Å². The quantitative estimate of drug-likeness (QED) is 0.877. The van der Waals surface area contributed by atoms with E-state index in [4.69, 9.17) is 0 Å². The number of rotatable bonds is 2. The molecule has 0 saturated carbocycles. The van der Waals surface area contributed by atoms with Gasteiger partial charge in [-0.15, -0.1) is 0 Å². The Bertz CT molecular complexity index is 584. The number of halogens is 2. The van der Waals surface area contributed by atoms with Crippen LogP contribution in [0.1, 0.15) is 22.8 Å². The lowest BCUT2D eigenvalue weighted by atomic mass is 9.93. The minimum atomic E-state index is -0.969. The highest BCUT2D eigenvalue weighted by Gasteiger charge is 2.29. The molecule has 1 aliphatic rings. The van der Waals surface area contributed by atoms with Crippen LogP contribution in [0.2, 0.25) is 0 Å².